The van der Waals surface area contributed by atoms with Crippen molar-refractivity contribution in [2.45, 2.75) is 18.1 Å². The second kappa shape index (κ2) is 6.35. The Morgan fingerprint density at radius 1 is 1.00 bits per heavy atom. The van der Waals surface area contributed by atoms with Gasteiger partial charge in [0.2, 0.25) is 0 Å². The maximum atomic E-state index is 13.4. The molecule has 2 unspecified atom stereocenters. The number of nitrogens with zero attached hydrogens (tertiary/aromatic N) is 1. The van der Waals surface area contributed by atoms with Crippen molar-refractivity contribution >= 4 is 24.0 Å². The van der Waals surface area contributed by atoms with Crippen molar-refractivity contribution in [2.24, 2.45) is 0 Å². The van der Waals surface area contributed by atoms with Gasteiger partial charge < -0.3 is 10.2 Å². The molecule has 0 aliphatic carbocycles. The highest BCUT2D eigenvalue weighted by atomic mass is 35.5. The molecule has 3 nitrogen and oxygen atoms in total. The molecule has 1 amide bonds. The Kier molecular flexibility index (Phi) is 4.51. The summed E-state index contributed by atoms with van der Waals surface area (Å²) in [4.78, 5) is 14.5. The summed E-state index contributed by atoms with van der Waals surface area (Å²) in [6.07, 6.45) is -4.55. The molecule has 1 saturated heterocycles. The van der Waals surface area contributed by atoms with E-state index in [1.807, 2.05) is 6.07 Å². The lowest BCUT2D eigenvalue weighted by Crippen LogP contribution is -2.49. The zero-order chi connectivity index (χ0) is 16.9. The number of carbonyl (C=O) groups excluding carboxylic acids is 1. The highest BCUT2D eigenvalue weighted by Gasteiger charge is 2.47. The van der Waals surface area contributed by atoms with Crippen LogP contribution >= 0.6 is 12.4 Å². The number of fused-ring (bicyclic) bond motifs is 3. The predicted molar refractivity (Wildman–Crippen MR) is 91.3 cm³/mol. The van der Waals surface area contributed by atoms with Gasteiger partial charge in [-0.05, 0) is 23.8 Å². The SMILES string of the molecule is Cl.O=C1c2c(cccc2C(F)(F)F)C2CNCC2N1c1ccccc1. The Balaban J connectivity index is 0.00000182. The van der Waals surface area contributed by atoms with Crippen LogP contribution in [0.3, 0.4) is 0 Å². The van der Waals surface area contributed by atoms with Gasteiger partial charge >= 0.3 is 6.18 Å². The van der Waals surface area contributed by atoms with Crippen LogP contribution in [0, 0.1) is 0 Å². The summed E-state index contributed by atoms with van der Waals surface area (Å²) in [5.74, 6) is -0.714. The van der Waals surface area contributed by atoms with E-state index in [1.54, 1.807) is 30.3 Å². The summed E-state index contributed by atoms with van der Waals surface area (Å²) in [5, 5.41) is 3.21. The van der Waals surface area contributed by atoms with Crippen molar-refractivity contribution in [3.05, 3.63) is 65.2 Å². The second-order valence-electron chi connectivity index (χ2n) is 6.11. The number of amides is 1. The van der Waals surface area contributed by atoms with Crippen LogP contribution in [0.4, 0.5) is 18.9 Å². The van der Waals surface area contributed by atoms with Crippen LogP contribution in [0.25, 0.3) is 0 Å². The smallest absolute Gasteiger partial charge is 0.314 e. The summed E-state index contributed by atoms with van der Waals surface area (Å²) < 4.78 is 40.3. The van der Waals surface area contributed by atoms with Crippen LogP contribution in [-0.2, 0) is 6.18 Å². The third kappa shape index (κ3) is 2.79. The summed E-state index contributed by atoms with van der Waals surface area (Å²) >= 11 is 0. The number of anilines is 1. The van der Waals surface area contributed by atoms with E-state index in [-0.39, 0.29) is 29.9 Å². The first kappa shape index (κ1) is 17.8. The fourth-order valence-electron chi connectivity index (χ4n) is 3.78. The molecule has 1 fully saturated rings. The van der Waals surface area contributed by atoms with Crippen LogP contribution in [0.1, 0.15) is 27.4 Å². The van der Waals surface area contributed by atoms with Gasteiger partial charge in [-0.25, -0.2) is 0 Å². The lowest BCUT2D eigenvalue weighted by Gasteiger charge is -2.39. The summed E-state index contributed by atoms with van der Waals surface area (Å²) in [6, 6.07) is 12.8. The van der Waals surface area contributed by atoms with Crippen molar-refractivity contribution in [3.8, 4) is 0 Å². The standard InChI is InChI=1S/C18H15F3N2O.ClH/c19-18(20,21)14-8-4-7-12-13-9-22-10-15(13)23(17(24)16(12)14)11-5-2-1-3-6-11;/h1-8,13,15,22H,9-10H2;1H. The topological polar surface area (TPSA) is 32.3 Å². The van der Waals surface area contributed by atoms with Crippen LogP contribution < -0.4 is 10.2 Å². The molecule has 2 aliphatic heterocycles. The number of benzene rings is 2. The second-order valence-corrected chi connectivity index (χ2v) is 6.11. The highest BCUT2D eigenvalue weighted by Crippen LogP contribution is 2.43. The van der Waals surface area contributed by atoms with Crippen LogP contribution in [-0.4, -0.2) is 25.0 Å². The van der Waals surface area contributed by atoms with E-state index in [0.717, 1.165) is 6.07 Å². The molecule has 0 saturated carbocycles. The molecule has 2 aromatic rings. The number of carbonyl (C=O) groups is 1. The van der Waals surface area contributed by atoms with Crippen LogP contribution in [0.15, 0.2) is 48.5 Å². The molecule has 7 heteroatoms. The number of hydrogen-bond acceptors (Lipinski definition) is 2. The zero-order valence-corrected chi connectivity index (χ0v) is 13.9. The van der Waals surface area contributed by atoms with Crippen molar-refractivity contribution in [3.63, 3.8) is 0 Å². The molecule has 2 aromatic carbocycles. The van der Waals surface area contributed by atoms with Gasteiger partial charge in [-0.15, -0.1) is 12.4 Å². The van der Waals surface area contributed by atoms with E-state index < -0.39 is 17.6 Å². The van der Waals surface area contributed by atoms with E-state index >= 15 is 0 Å². The van der Waals surface area contributed by atoms with Gasteiger partial charge in [-0.3, -0.25) is 4.79 Å². The van der Waals surface area contributed by atoms with E-state index in [2.05, 4.69) is 5.32 Å². The van der Waals surface area contributed by atoms with E-state index in [9.17, 15) is 18.0 Å². The molecular weight excluding hydrogens is 353 g/mol. The minimum Gasteiger partial charge on any atom is -0.314 e. The van der Waals surface area contributed by atoms with Gasteiger partial charge in [0.15, 0.2) is 0 Å². The summed E-state index contributed by atoms with van der Waals surface area (Å²) in [7, 11) is 0. The van der Waals surface area contributed by atoms with Crippen molar-refractivity contribution in [1.29, 1.82) is 0 Å². The molecule has 4 rings (SSSR count). The Hall–Kier alpha value is -2.05. The lowest BCUT2D eigenvalue weighted by atomic mass is 9.82. The molecule has 0 spiro atoms. The largest absolute Gasteiger partial charge is 0.417 e. The molecule has 2 heterocycles. The van der Waals surface area contributed by atoms with E-state index in [0.29, 0.717) is 24.3 Å². The number of hydrogen-bond donors (Lipinski definition) is 1. The van der Waals surface area contributed by atoms with E-state index in [1.165, 1.54) is 11.0 Å². The number of nitrogens with one attached hydrogen (secondary N) is 1. The zero-order valence-electron chi connectivity index (χ0n) is 13.1. The Labute approximate surface area is 149 Å². The number of rotatable bonds is 1. The maximum absolute atomic E-state index is 13.4. The summed E-state index contributed by atoms with van der Waals surface area (Å²) in [5.41, 5.74) is 0.0657. The normalized spacial score (nSPS) is 22.2. The summed E-state index contributed by atoms with van der Waals surface area (Å²) in [6.45, 7) is 1.14. The molecule has 1 N–H and O–H groups in total. The average Bonchev–Trinajstić information content (AvgIpc) is 3.04. The fourth-order valence-corrected chi connectivity index (χ4v) is 3.78. The molecule has 0 radical (unpaired) electrons. The van der Waals surface area contributed by atoms with Crippen molar-refractivity contribution < 1.29 is 18.0 Å². The number of alkyl halides is 3. The van der Waals surface area contributed by atoms with Gasteiger partial charge in [0.25, 0.3) is 5.91 Å². The minimum absolute atomic E-state index is 0. The highest BCUT2D eigenvalue weighted by molar-refractivity contribution is 6.10. The third-order valence-corrected chi connectivity index (χ3v) is 4.78. The molecular formula is C18H16ClF3N2O. The lowest BCUT2D eigenvalue weighted by molar-refractivity contribution is -0.138. The Bertz CT molecular complexity index is 795. The molecule has 2 aliphatic rings. The monoisotopic (exact) mass is 368 g/mol. The van der Waals surface area contributed by atoms with Gasteiger partial charge in [-0.1, -0.05) is 30.3 Å². The molecule has 2 atom stereocenters. The van der Waals surface area contributed by atoms with Crippen molar-refractivity contribution in [1.82, 2.24) is 5.32 Å². The van der Waals surface area contributed by atoms with Gasteiger partial charge in [0.1, 0.15) is 0 Å². The maximum Gasteiger partial charge on any atom is 0.417 e. The van der Waals surface area contributed by atoms with Crippen LogP contribution in [0.5, 0.6) is 0 Å². The van der Waals surface area contributed by atoms with Gasteiger partial charge in [0, 0.05) is 24.7 Å². The molecule has 25 heavy (non-hydrogen) atoms. The first-order chi connectivity index (χ1) is 11.5. The van der Waals surface area contributed by atoms with Gasteiger partial charge in [0.05, 0.1) is 17.2 Å². The average molecular weight is 369 g/mol. The minimum atomic E-state index is -4.55. The van der Waals surface area contributed by atoms with E-state index in [4.69, 9.17) is 0 Å². The quantitative estimate of drug-likeness (QED) is 0.829. The Morgan fingerprint density at radius 2 is 1.72 bits per heavy atom. The van der Waals surface area contributed by atoms with Gasteiger partial charge in [-0.2, -0.15) is 13.2 Å². The first-order valence-corrected chi connectivity index (χ1v) is 7.78. The Morgan fingerprint density at radius 3 is 2.40 bits per heavy atom. The van der Waals surface area contributed by atoms with Crippen LogP contribution in [0.2, 0.25) is 0 Å². The fraction of sp³-hybridized carbons (Fsp3) is 0.278. The number of halogens is 4. The first-order valence-electron chi connectivity index (χ1n) is 7.78. The predicted octanol–water partition coefficient (Wildman–Crippen LogP) is 3.84. The number of para-hydroxylation sites is 1. The molecule has 132 valence electrons. The molecule has 0 aromatic heterocycles. The van der Waals surface area contributed by atoms with Crippen molar-refractivity contribution in [2.75, 3.05) is 18.0 Å². The molecule has 0 bridgehead atoms. The third-order valence-electron chi connectivity index (χ3n) is 4.78.